The van der Waals surface area contributed by atoms with Gasteiger partial charge in [0.1, 0.15) is 23.4 Å². The average Bonchev–Trinajstić information content (AvgIpc) is 3.43. The van der Waals surface area contributed by atoms with E-state index in [0.717, 1.165) is 6.33 Å². The number of rotatable bonds is 5. The zero-order valence-corrected chi connectivity index (χ0v) is 18.1. The normalized spacial score (nSPS) is 17.6. The molecule has 0 spiro atoms. The second-order valence-corrected chi connectivity index (χ2v) is 11.6. The topological polar surface area (TPSA) is 142 Å². The van der Waals surface area contributed by atoms with Gasteiger partial charge in [0.05, 0.1) is 26.1 Å². The summed E-state index contributed by atoms with van der Waals surface area (Å²) in [5.74, 6) is -0.0341. The highest BCUT2D eigenvalue weighted by Gasteiger charge is 2.48. The highest BCUT2D eigenvalue weighted by Crippen LogP contribution is 2.48. The van der Waals surface area contributed by atoms with Crippen molar-refractivity contribution in [3.63, 3.8) is 0 Å². The largest absolute Gasteiger partial charge is 0.503 e. The molecular formula is C18H15F3N6O3S2. The number of pyridine rings is 1. The van der Waals surface area contributed by atoms with Crippen LogP contribution in [0.4, 0.5) is 13.2 Å². The Hall–Kier alpha value is -3.05. The predicted octanol–water partition coefficient (Wildman–Crippen LogP) is 3.07. The van der Waals surface area contributed by atoms with Crippen LogP contribution in [0.3, 0.4) is 0 Å². The van der Waals surface area contributed by atoms with Gasteiger partial charge in [-0.05, 0) is 24.5 Å². The number of nitrogens with one attached hydrogen (secondary N) is 1. The molecule has 0 saturated heterocycles. The van der Waals surface area contributed by atoms with Crippen LogP contribution < -0.4 is 0 Å². The van der Waals surface area contributed by atoms with E-state index in [1.54, 1.807) is 6.92 Å². The third-order valence-corrected chi connectivity index (χ3v) is 8.49. The molecule has 3 aromatic heterocycles. The summed E-state index contributed by atoms with van der Waals surface area (Å²) in [6.45, 7) is 1.56. The Kier molecular flexibility index (Phi) is 4.83. The second kappa shape index (κ2) is 6.97. The first kappa shape index (κ1) is 22.2. The second-order valence-electron chi connectivity index (χ2n) is 7.30. The molecule has 1 atom stereocenters. The zero-order valence-electron chi connectivity index (χ0n) is 16.4. The first-order valence-electron chi connectivity index (χ1n) is 9.19. The number of nitriles is 1. The van der Waals surface area contributed by atoms with E-state index >= 15 is 0 Å². The minimum Gasteiger partial charge on any atom is -0.290 e. The maximum atomic E-state index is 12.9. The van der Waals surface area contributed by atoms with Crippen LogP contribution in [-0.4, -0.2) is 43.2 Å². The summed E-state index contributed by atoms with van der Waals surface area (Å²) < 4.78 is 84.2. The molecule has 3 aromatic rings. The van der Waals surface area contributed by atoms with E-state index in [9.17, 15) is 31.1 Å². The van der Waals surface area contributed by atoms with Gasteiger partial charge in [0.2, 0.25) is 0 Å². The monoisotopic (exact) mass is 484 g/mol. The van der Waals surface area contributed by atoms with Gasteiger partial charge in [0.25, 0.3) is 9.84 Å². The van der Waals surface area contributed by atoms with E-state index < -0.39 is 35.5 Å². The molecule has 0 bridgehead atoms. The van der Waals surface area contributed by atoms with Gasteiger partial charge in [-0.15, -0.1) is 0 Å². The van der Waals surface area contributed by atoms with Crippen LogP contribution in [0.5, 0.6) is 0 Å². The molecule has 1 aliphatic rings. The molecule has 4 rings (SSSR count). The van der Waals surface area contributed by atoms with Crippen molar-refractivity contribution >= 4 is 25.2 Å². The number of fused-ring (bicyclic) bond motifs is 1. The highest BCUT2D eigenvalue weighted by atomic mass is 32.2. The molecule has 1 fully saturated rings. The first-order valence-corrected chi connectivity index (χ1v) is 12.4. The van der Waals surface area contributed by atoms with E-state index in [1.165, 1.54) is 22.9 Å². The lowest BCUT2D eigenvalue weighted by molar-refractivity contribution is -0.0438. The van der Waals surface area contributed by atoms with Crippen LogP contribution in [0.15, 0.2) is 40.8 Å². The zero-order chi connectivity index (χ0) is 23.5. The third-order valence-electron chi connectivity index (χ3n) is 5.28. The smallest absolute Gasteiger partial charge is 0.290 e. The summed E-state index contributed by atoms with van der Waals surface area (Å²) in [6, 6.07) is 4.38. The van der Waals surface area contributed by atoms with Gasteiger partial charge in [-0.3, -0.25) is 9.38 Å². The molecule has 32 heavy (non-hydrogen) atoms. The molecule has 1 aliphatic carbocycles. The van der Waals surface area contributed by atoms with E-state index in [0.29, 0.717) is 24.5 Å². The van der Waals surface area contributed by atoms with Crippen LogP contribution in [0.25, 0.3) is 17.0 Å². The Morgan fingerprint density at radius 2 is 1.94 bits per heavy atom. The molecule has 0 aliphatic heterocycles. The summed E-state index contributed by atoms with van der Waals surface area (Å²) in [6.07, 6.45) is 4.87. The Morgan fingerprint density at radius 1 is 1.25 bits per heavy atom. The molecule has 168 valence electrons. The molecule has 1 saturated carbocycles. The predicted molar refractivity (Wildman–Crippen MR) is 106 cm³/mol. The highest BCUT2D eigenvalue weighted by molar-refractivity contribution is 7.92. The minimum atomic E-state index is -5.66. The Labute approximate surface area is 180 Å². The molecule has 0 radical (unpaired) electrons. The van der Waals surface area contributed by atoms with Crippen LogP contribution in [0.1, 0.15) is 25.3 Å². The summed E-state index contributed by atoms with van der Waals surface area (Å²) in [5.41, 5.74) is -5.73. The quantitative estimate of drug-likeness (QED) is 0.549. The number of nitrogens with zero attached hydrogens (tertiary/aromatic N) is 5. The number of imidazole rings is 1. The van der Waals surface area contributed by atoms with Crippen LogP contribution in [-0.2, 0) is 25.0 Å². The molecule has 0 amide bonds. The standard InChI is InChI=1S/C18H15F3N6O3S2/c1-2-31(23,28)13-5-11(17(9-22)3-4-17)7-24-16(13)12-8-27-10-25-15(6-14(27)26-12)32(29,30)18(19,20)21/h5-8,10,23H,2-4H2,1H3/t31-/m0/s1. The number of aromatic nitrogens is 4. The maximum Gasteiger partial charge on any atom is 0.503 e. The number of halogens is 3. The van der Waals surface area contributed by atoms with E-state index in [2.05, 4.69) is 21.0 Å². The number of alkyl halides is 3. The van der Waals surface area contributed by atoms with Crippen LogP contribution in [0, 0.1) is 16.1 Å². The molecule has 9 nitrogen and oxygen atoms in total. The van der Waals surface area contributed by atoms with Crippen molar-refractivity contribution in [2.24, 2.45) is 0 Å². The summed E-state index contributed by atoms with van der Waals surface area (Å²) in [4.78, 5) is 11.8. The maximum absolute atomic E-state index is 12.9. The number of sulfone groups is 1. The van der Waals surface area contributed by atoms with Gasteiger partial charge in [0.15, 0.2) is 5.03 Å². The van der Waals surface area contributed by atoms with Gasteiger partial charge >= 0.3 is 5.51 Å². The lowest BCUT2D eigenvalue weighted by Crippen LogP contribution is -2.24. The van der Waals surface area contributed by atoms with Gasteiger partial charge in [0, 0.05) is 24.2 Å². The number of hydrogen-bond acceptors (Lipinski definition) is 8. The van der Waals surface area contributed by atoms with E-state index in [-0.39, 0.29) is 27.7 Å². The van der Waals surface area contributed by atoms with Crippen molar-refractivity contribution in [3.8, 4) is 17.5 Å². The Balaban J connectivity index is 1.88. The van der Waals surface area contributed by atoms with Crippen LogP contribution in [0.2, 0.25) is 0 Å². The van der Waals surface area contributed by atoms with Crippen molar-refractivity contribution in [1.82, 2.24) is 19.4 Å². The fraction of sp³-hybridized carbons (Fsp3) is 0.333. The molecule has 3 heterocycles. The van der Waals surface area contributed by atoms with Gasteiger partial charge in [-0.25, -0.2) is 27.4 Å². The van der Waals surface area contributed by atoms with Crippen molar-refractivity contribution in [2.45, 2.75) is 40.6 Å². The molecule has 0 unspecified atom stereocenters. The fourth-order valence-corrected chi connectivity index (χ4v) is 4.93. The van der Waals surface area contributed by atoms with Gasteiger partial charge in [-0.1, -0.05) is 6.92 Å². The summed E-state index contributed by atoms with van der Waals surface area (Å²) in [5, 5.41) is 8.24. The molecule has 1 N–H and O–H groups in total. The Bertz CT molecular complexity index is 1500. The average molecular weight is 484 g/mol. The molecule has 14 heteroatoms. The summed E-state index contributed by atoms with van der Waals surface area (Å²) in [7, 11) is -8.97. The lowest BCUT2D eigenvalue weighted by Gasteiger charge is -2.13. The van der Waals surface area contributed by atoms with E-state index in [4.69, 9.17) is 4.78 Å². The first-order chi connectivity index (χ1) is 14.8. The molecular weight excluding hydrogens is 469 g/mol. The van der Waals surface area contributed by atoms with Crippen molar-refractivity contribution in [1.29, 1.82) is 10.0 Å². The van der Waals surface area contributed by atoms with Crippen LogP contribution >= 0.6 is 0 Å². The van der Waals surface area contributed by atoms with Gasteiger partial charge < -0.3 is 0 Å². The number of hydrogen-bond donors (Lipinski definition) is 1. The third kappa shape index (κ3) is 3.41. The van der Waals surface area contributed by atoms with Gasteiger partial charge in [-0.2, -0.15) is 18.4 Å². The SMILES string of the molecule is CC[S@](=N)(=O)c1cc(C2(C#N)CC2)cnc1-c1cn2cnc(S(=O)(=O)C(F)(F)F)cc2n1. The lowest BCUT2D eigenvalue weighted by atomic mass is 9.99. The fourth-order valence-electron chi connectivity index (χ4n) is 3.15. The Morgan fingerprint density at radius 3 is 2.50 bits per heavy atom. The molecule has 0 aromatic carbocycles. The van der Waals surface area contributed by atoms with E-state index in [1.807, 2.05) is 0 Å². The van der Waals surface area contributed by atoms with Crippen molar-refractivity contribution in [2.75, 3.05) is 5.75 Å². The summed E-state index contributed by atoms with van der Waals surface area (Å²) >= 11 is 0. The van der Waals surface area contributed by atoms with Crippen molar-refractivity contribution < 1.29 is 25.8 Å². The van der Waals surface area contributed by atoms with Crippen molar-refractivity contribution in [3.05, 3.63) is 36.4 Å². The minimum absolute atomic E-state index is 0.0341.